The third-order valence-corrected chi connectivity index (χ3v) is 2.04. The molecule has 4 nitrogen and oxygen atoms in total. The van der Waals surface area contributed by atoms with Crippen molar-refractivity contribution in [2.24, 2.45) is 0 Å². The maximum absolute atomic E-state index is 10.4. The van der Waals surface area contributed by atoms with Gasteiger partial charge in [-0.2, -0.15) is 0 Å². The van der Waals surface area contributed by atoms with Gasteiger partial charge in [0, 0.05) is 10.5 Å². The van der Waals surface area contributed by atoms with Crippen molar-refractivity contribution in [1.29, 1.82) is 0 Å². The molecule has 0 unspecified atom stereocenters. The first-order valence-electron chi connectivity index (χ1n) is 2.91. The van der Waals surface area contributed by atoms with Crippen LogP contribution >= 0.6 is 27.5 Å². The lowest BCUT2D eigenvalue weighted by atomic mass is 10.3. The van der Waals surface area contributed by atoms with Gasteiger partial charge in [-0.05, 0) is 6.07 Å². The van der Waals surface area contributed by atoms with E-state index in [0.717, 1.165) is 0 Å². The van der Waals surface area contributed by atoms with Gasteiger partial charge in [-0.25, -0.2) is 0 Å². The van der Waals surface area contributed by atoms with E-state index in [0.29, 0.717) is 4.47 Å². The predicted molar refractivity (Wildman–Crippen MR) is 50.2 cm³/mol. The first-order valence-corrected chi connectivity index (χ1v) is 4.08. The number of rotatable bonds is 1. The summed E-state index contributed by atoms with van der Waals surface area (Å²) >= 11 is 8.67. The van der Waals surface area contributed by atoms with Crippen LogP contribution in [0.15, 0.2) is 16.6 Å². The smallest absolute Gasteiger partial charge is 0.294 e. The molecule has 0 aromatic heterocycles. The maximum atomic E-state index is 10.4. The van der Waals surface area contributed by atoms with Crippen molar-refractivity contribution in [3.05, 3.63) is 31.7 Å². The highest BCUT2D eigenvalue weighted by Gasteiger charge is 2.14. The summed E-state index contributed by atoms with van der Waals surface area (Å²) in [5.41, 5.74) is 5.16. The molecule has 0 saturated carbocycles. The fourth-order valence-corrected chi connectivity index (χ4v) is 1.51. The second-order valence-corrected chi connectivity index (χ2v) is 3.40. The largest absolute Gasteiger partial charge is 0.392 e. The summed E-state index contributed by atoms with van der Waals surface area (Å²) in [5, 5.41) is 10.5. The molecule has 64 valence electrons. The van der Waals surface area contributed by atoms with E-state index >= 15 is 0 Å². The summed E-state index contributed by atoms with van der Waals surface area (Å²) in [6, 6.07) is 2.81. The number of hydrogen-bond donors (Lipinski definition) is 1. The molecule has 0 bridgehead atoms. The second-order valence-electron chi connectivity index (χ2n) is 2.08. The van der Waals surface area contributed by atoms with Crippen LogP contribution < -0.4 is 5.73 Å². The van der Waals surface area contributed by atoms with Gasteiger partial charge >= 0.3 is 0 Å². The van der Waals surface area contributed by atoms with Gasteiger partial charge < -0.3 is 5.73 Å². The first-order chi connectivity index (χ1) is 5.52. The lowest BCUT2D eigenvalue weighted by molar-refractivity contribution is -0.384. The van der Waals surface area contributed by atoms with Gasteiger partial charge in [-0.3, -0.25) is 10.1 Å². The van der Waals surface area contributed by atoms with Gasteiger partial charge in [0.2, 0.25) is 0 Å². The van der Waals surface area contributed by atoms with Crippen molar-refractivity contribution in [2.75, 3.05) is 5.73 Å². The van der Waals surface area contributed by atoms with Gasteiger partial charge in [0.1, 0.15) is 5.69 Å². The normalized spacial score (nSPS) is 9.83. The Bertz CT molecular complexity index is 343. The summed E-state index contributed by atoms with van der Waals surface area (Å²) in [4.78, 5) is 9.79. The highest BCUT2D eigenvalue weighted by atomic mass is 79.9. The van der Waals surface area contributed by atoms with Gasteiger partial charge in [-0.1, -0.05) is 27.5 Å². The van der Waals surface area contributed by atoms with Gasteiger partial charge in [0.25, 0.3) is 5.69 Å². The Morgan fingerprint density at radius 3 is 2.67 bits per heavy atom. The molecule has 0 aliphatic heterocycles. The number of nitrogens with two attached hydrogens (primary N) is 1. The monoisotopic (exact) mass is 250 g/mol. The van der Waals surface area contributed by atoms with E-state index in [1.54, 1.807) is 0 Å². The molecule has 0 amide bonds. The third-order valence-electron chi connectivity index (χ3n) is 1.27. The number of hydrogen-bond acceptors (Lipinski definition) is 3. The van der Waals surface area contributed by atoms with Gasteiger partial charge in [0.05, 0.1) is 9.95 Å². The van der Waals surface area contributed by atoms with Crippen LogP contribution in [0.4, 0.5) is 11.4 Å². The molecule has 0 fully saturated rings. The zero-order chi connectivity index (χ0) is 9.30. The van der Waals surface area contributed by atoms with E-state index < -0.39 is 4.92 Å². The number of nitrogen functional groups attached to an aromatic ring is 1. The molecule has 0 saturated heterocycles. The second kappa shape index (κ2) is 3.28. The maximum Gasteiger partial charge on any atom is 0.294 e. The first kappa shape index (κ1) is 9.28. The Morgan fingerprint density at radius 2 is 2.17 bits per heavy atom. The summed E-state index contributed by atoms with van der Waals surface area (Å²) in [6.07, 6.45) is 0. The molecule has 1 aromatic carbocycles. The molecule has 0 heterocycles. The Hall–Kier alpha value is -0.810. The number of nitro groups is 1. The summed E-state index contributed by atoms with van der Waals surface area (Å²) in [5.74, 6) is 0. The van der Waals surface area contributed by atoms with Crippen molar-refractivity contribution in [3.8, 4) is 0 Å². The van der Waals surface area contributed by atoms with E-state index in [2.05, 4.69) is 15.9 Å². The molecule has 0 radical (unpaired) electrons. The van der Waals surface area contributed by atoms with Crippen molar-refractivity contribution >= 4 is 38.9 Å². The van der Waals surface area contributed by atoms with Crippen molar-refractivity contribution in [1.82, 2.24) is 0 Å². The zero-order valence-corrected chi connectivity index (χ0v) is 8.09. The van der Waals surface area contributed by atoms with Crippen LogP contribution in [-0.4, -0.2) is 4.92 Å². The number of anilines is 1. The Labute approximate surface area is 81.6 Å². The Morgan fingerprint density at radius 1 is 1.58 bits per heavy atom. The van der Waals surface area contributed by atoms with E-state index in [9.17, 15) is 10.1 Å². The van der Waals surface area contributed by atoms with E-state index in [-0.39, 0.29) is 16.4 Å². The summed E-state index contributed by atoms with van der Waals surface area (Å²) in [6.45, 7) is 0. The summed E-state index contributed by atoms with van der Waals surface area (Å²) < 4.78 is 0.536. The minimum Gasteiger partial charge on any atom is -0.392 e. The van der Waals surface area contributed by atoms with Crippen LogP contribution in [0.1, 0.15) is 0 Å². The van der Waals surface area contributed by atoms with Crippen molar-refractivity contribution < 1.29 is 4.92 Å². The molecule has 1 aromatic rings. The molecule has 0 aliphatic carbocycles. The predicted octanol–water partition coefficient (Wildman–Crippen LogP) is 2.59. The quantitative estimate of drug-likeness (QED) is 0.474. The molecule has 12 heavy (non-hydrogen) atoms. The van der Waals surface area contributed by atoms with Crippen LogP contribution in [0.2, 0.25) is 5.02 Å². The Kier molecular flexibility index (Phi) is 2.54. The lowest BCUT2D eigenvalue weighted by Crippen LogP contribution is -1.96. The zero-order valence-electron chi connectivity index (χ0n) is 5.75. The minimum absolute atomic E-state index is 0.00938. The number of benzene rings is 1. The molecule has 2 N–H and O–H groups in total. The van der Waals surface area contributed by atoms with Gasteiger partial charge in [-0.15, -0.1) is 0 Å². The standard InChI is InChI=1S/C6H4BrClN2O2/c7-3-1-4(8)6(9)5(2-3)10(11)12/h1-2H,9H2. The molecule has 1 rings (SSSR count). The average Bonchev–Trinajstić information content (AvgIpc) is 1.96. The van der Waals surface area contributed by atoms with Crippen LogP contribution in [-0.2, 0) is 0 Å². The fourth-order valence-electron chi connectivity index (χ4n) is 0.722. The van der Waals surface area contributed by atoms with Crippen LogP contribution in [0.25, 0.3) is 0 Å². The molecule has 0 aliphatic rings. The number of halogens is 2. The number of nitrogens with zero attached hydrogens (tertiary/aromatic N) is 1. The highest BCUT2D eigenvalue weighted by Crippen LogP contribution is 2.32. The summed E-state index contributed by atoms with van der Waals surface area (Å²) in [7, 11) is 0. The van der Waals surface area contributed by atoms with Crippen molar-refractivity contribution in [3.63, 3.8) is 0 Å². The van der Waals surface area contributed by atoms with Crippen LogP contribution in [0.5, 0.6) is 0 Å². The Balaban J connectivity index is 3.37. The van der Waals surface area contributed by atoms with Crippen LogP contribution in [0, 0.1) is 10.1 Å². The SMILES string of the molecule is Nc1c(Cl)cc(Br)cc1[N+](=O)[O-]. The molecular weight excluding hydrogens is 247 g/mol. The van der Waals surface area contributed by atoms with E-state index in [1.165, 1.54) is 12.1 Å². The van der Waals surface area contributed by atoms with Crippen LogP contribution in [0.3, 0.4) is 0 Å². The molecular formula is C6H4BrClN2O2. The van der Waals surface area contributed by atoms with Gasteiger partial charge in [0.15, 0.2) is 0 Å². The fraction of sp³-hybridized carbons (Fsp3) is 0. The van der Waals surface area contributed by atoms with E-state index in [4.69, 9.17) is 17.3 Å². The number of nitro benzene ring substituents is 1. The minimum atomic E-state index is -0.577. The van der Waals surface area contributed by atoms with Crippen molar-refractivity contribution in [2.45, 2.75) is 0 Å². The topological polar surface area (TPSA) is 69.2 Å². The molecule has 0 spiro atoms. The highest BCUT2D eigenvalue weighted by molar-refractivity contribution is 9.10. The molecule has 6 heteroatoms. The average molecular weight is 251 g/mol. The molecule has 0 atom stereocenters. The third kappa shape index (κ3) is 1.67. The lowest BCUT2D eigenvalue weighted by Gasteiger charge is -1.99. The van der Waals surface area contributed by atoms with E-state index in [1.807, 2.05) is 0 Å².